The Balaban J connectivity index is 3.18. The van der Waals surface area contributed by atoms with Gasteiger partial charge in [0.25, 0.3) is 17.3 Å². The fourth-order valence-corrected chi connectivity index (χ4v) is 1.79. The highest BCUT2D eigenvalue weighted by Gasteiger charge is 2.27. The second kappa shape index (κ2) is 7.29. The van der Waals surface area contributed by atoms with Crippen LogP contribution >= 0.6 is 0 Å². The summed E-state index contributed by atoms with van der Waals surface area (Å²) < 4.78 is 4.56. The number of hydrogen-bond acceptors (Lipinski definition) is 7. The van der Waals surface area contributed by atoms with Crippen molar-refractivity contribution >= 4 is 23.3 Å². The van der Waals surface area contributed by atoms with Gasteiger partial charge in [0.15, 0.2) is 0 Å². The standard InChI is InChI=1S/C13H15N3O7/c1-7(2)11(13(18)23-3)14-12(17)8-4-9(15(19)20)6-10(5-8)16(21)22/h4-7,11H,1-3H3,(H,14,17). The molecule has 0 aliphatic rings. The third kappa shape index (κ3) is 4.46. The average Bonchev–Trinajstić information content (AvgIpc) is 2.50. The Kier molecular flexibility index (Phi) is 5.71. The number of rotatable bonds is 6. The van der Waals surface area contributed by atoms with Crippen LogP contribution in [-0.4, -0.2) is 34.9 Å². The molecule has 1 atom stereocenters. The average molecular weight is 325 g/mol. The van der Waals surface area contributed by atoms with E-state index in [9.17, 15) is 29.8 Å². The largest absolute Gasteiger partial charge is 0.467 e. The van der Waals surface area contributed by atoms with Crippen LogP contribution in [0.4, 0.5) is 11.4 Å². The molecule has 0 aliphatic carbocycles. The molecule has 0 aliphatic heterocycles. The Bertz CT molecular complexity index is 625. The Morgan fingerprint density at radius 3 is 1.91 bits per heavy atom. The van der Waals surface area contributed by atoms with E-state index in [-0.39, 0.29) is 11.5 Å². The minimum Gasteiger partial charge on any atom is -0.467 e. The van der Waals surface area contributed by atoms with E-state index in [1.54, 1.807) is 13.8 Å². The molecule has 0 fully saturated rings. The van der Waals surface area contributed by atoms with Gasteiger partial charge >= 0.3 is 5.97 Å². The van der Waals surface area contributed by atoms with Gasteiger partial charge in [-0.05, 0) is 5.92 Å². The maximum atomic E-state index is 12.2. The zero-order valence-electron chi connectivity index (χ0n) is 12.6. The molecule has 10 heteroatoms. The van der Waals surface area contributed by atoms with Crippen molar-refractivity contribution < 1.29 is 24.2 Å². The number of carbonyl (C=O) groups excluding carboxylic acids is 2. The van der Waals surface area contributed by atoms with Crippen LogP contribution in [-0.2, 0) is 9.53 Å². The number of carbonyl (C=O) groups is 2. The highest BCUT2D eigenvalue weighted by Crippen LogP contribution is 2.23. The molecule has 0 heterocycles. The number of nitrogens with one attached hydrogen (secondary N) is 1. The summed E-state index contributed by atoms with van der Waals surface area (Å²) >= 11 is 0. The molecule has 0 bridgehead atoms. The van der Waals surface area contributed by atoms with Crippen LogP contribution < -0.4 is 5.32 Å². The fraction of sp³-hybridized carbons (Fsp3) is 0.385. The number of non-ortho nitro benzene ring substituents is 2. The molecule has 0 saturated heterocycles. The van der Waals surface area contributed by atoms with Crippen molar-refractivity contribution in [3.05, 3.63) is 44.0 Å². The van der Waals surface area contributed by atoms with E-state index in [0.717, 1.165) is 25.3 Å². The molecular formula is C13H15N3O7. The van der Waals surface area contributed by atoms with E-state index in [1.807, 2.05) is 0 Å². The lowest BCUT2D eigenvalue weighted by atomic mass is 10.0. The monoisotopic (exact) mass is 325 g/mol. The first-order chi connectivity index (χ1) is 10.7. The second-order valence-electron chi connectivity index (χ2n) is 4.97. The number of ether oxygens (including phenoxy) is 1. The van der Waals surface area contributed by atoms with Gasteiger partial charge in [0, 0.05) is 12.1 Å². The van der Waals surface area contributed by atoms with E-state index in [0.29, 0.717) is 0 Å². The van der Waals surface area contributed by atoms with E-state index in [2.05, 4.69) is 10.1 Å². The molecular weight excluding hydrogens is 310 g/mol. The quantitative estimate of drug-likeness (QED) is 0.473. The minimum absolute atomic E-state index is 0.291. The van der Waals surface area contributed by atoms with Crippen LogP contribution in [0.1, 0.15) is 24.2 Å². The fourth-order valence-electron chi connectivity index (χ4n) is 1.79. The minimum atomic E-state index is -0.981. The molecule has 1 aromatic carbocycles. The van der Waals surface area contributed by atoms with Crippen LogP contribution in [0, 0.1) is 26.1 Å². The first-order valence-corrected chi connectivity index (χ1v) is 6.50. The zero-order chi connectivity index (χ0) is 17.7. The smallest absolute Gasteiger partial charge is 0.328 e. The number of benzene rings is 1. The molecule has 124 valence electrons. The van der Waals surface area contributed by atoms with E-state index in [1.165, 1.54) is 0 Å². The van der Waals surface area contributed by atoms with Crippen molar-refractivity contribution in [3.8, 4) is 0 Å². The van der Waals surface area contributed by atoms with Crippen molar-refractivity contribution in [2.24, 2.45) is 5.92 Å². The van der Waals surface area contributed by atoms with E-state index in [4.69, 9.17) is 0 Å². The van der Waals surface area contributed by atoms with Gasteiger partial charge in [-0.25, -0.2) is 4.79 Å². The molecule has 0 saturated carbocycles. The van der Waals surface area contributed by atoms with Crippen LogP contribution in [0.3, 0.4) is 0 Å². The van der Waals surface area contributed by atoms with Crippen LogP contribution in [0.25, 0.3) is 0 Å². The van der Waals surface area contributed by atoms with Crippen molar-refractivity contribution in [1.29, 1.82) is 0 Å². The summed E-state index contributed by atoms with van der Waals surface area (Å²) in [6, 6.07) is 1.57. The molecule has 1 amide bonds. The zero-order valence-corrected chi connectivity index (χ0v) is 12.6. The first-order valence-electron chi connectivity index (χ1n) is 6.50. The van der Waals surface area contributed by atoms with Crippen molar-refractivity contribution in [3.63, 3.8) is 0 Å². The number of esters is 1. The van der Waals surface area contributed by atoms with Gasteiger partial charge in [-0.2, -0.15) is 0 Å². The molecule has 10 nitrogen and oxygen atoms in total. The number of nitro benzene ring substituents is 2. The number of methoxy groups -OCH3 is 1. The van der Waals surface area contributed by atoms with Gasteiger partial charge in [0.1, 0.15) is 6.04 Å². The summed E-state index contributed by atoms with van der Waals surface area (Å²) in [5.74, 6) is -1.84. The molecule has 1 N–H and O–H groups in total. The Hall–Kier alpha value is -3.04. The summed E-state index contributed by atoms with van der Waals surface area (Å²) in [5.41, 5.74) is -1.48. The molecule has 1 aromatic rings. The summed E-state index contributed by atoms with van der Waals surface area (Å²) in [5, 5.41) is 24.0. The number of hydrogen-bond donors (Lipinski definition) is 1. The summed E-state index contributed by atoms with van der Waals surface area (Å²) in [6.45, 7) is 3.33. The molecule has 23 heavy (non-hydrogen) atoms. The Morgan fingerprint density at radius 1 is 1.09 bits per heavy atom. The second-order valence-corrected chi connectivity index (χ2v) is 4.97. The van der Waals surface area contributed by atoms with Crippen LogP contribution in [0.5, 0.6) is 0 Å². The first kappa shape index (κ1) is 18.0. The maximum Gasteiger partial charge on any atom is 0.328 e. The molecule has 0 radical (unpaired) electrons. The third-order valence-electron chi connectivity index (χ3n) is 2.99. The van der Waals surface area contributed by atoms with Gasteiger partial charge in [-0.15, -0.1) is 0 Å². The molecule has 1 unspecified atom stereocenters. The van der Waals surface area contributed by atoms with E-state index >= 15 is 0 Å². The van der Waals surface area contributed by atoms with Gasteiger partial charge in [0.2, 0.25) is 0 Å². The SMILES string of the molecule is COC(=O)C(NC(=O)c1cc([N+](=O)[O-])cc([N+](=O)[O-])c1)C(C)C. The highest BCUT2D eigenvalue weighted by molar-refractivity contribution is 5.98. The topological polar surface area (TPSA) is 142 Å². The lowest BCUT2D eigenvalue weighted by Gasteiger charge is -2.19. The van der Waals surface area contributed by atoms with Crippen molar-refractivity contribution in [2.75, 3.05) is 7.11 Å². The maximum absolute atomic E-state index is 12.2. The van der Waals surface area contributed by atoms with E-state index < -0.39 is 39.1 Å². The predicted molar refractivity (Wildman–Crippen MR) is 77.9 cm³/mol. The van der Waals surface area contributed by atoms with Crippen molar-refractivity contribution in [1.82, 2.24) is 5.32 Å². The number of nitrogens with zero attached hydrogens (tertiary/aromatic N) is 2. The third-order valence-corrected chi connectivity index (χ3v) is 2.99. The van der Waals surface area contributed by atoms with Gasteiger partial charge < -0.3 is 10.1 Å². The molecule has 1 rings (SSSR count). The predicted octanol–water partition coefficient (Wildman–Crippen LogP) is 1.43. The molecule has 0 aromatic heterocycles. The van der Waals surface area contributed by atoms with Crippen molar-refractivity contribution in [2.45, 2.75) is 19.9 Å². The lowest BCUT2D eigenvalue weighted by Crippen LogP contribution is -2.45. The van der Waals surface area contributed by atoms with Gasteiger partial charge in [-0.1, -0.05) is 13.8 Å². The van der Waals surface area contributed by atoms with Crippen LogP contribution in [0.2, 0.25) is 0 Å². The normalized spacial score (nSPS) is 11.7. The number of nitro groups is 2. The highest BCUT2D eigenvalue weighted by atomic mass is 16.6. The van der Waals surface area contributed by atoms with Gasteiger partial charge in [-0.3, -0.25) is 25.0 Å². The summed E-state index contributed by atoms with van der Waals surface area (Å²) in [4.78, 5) is 43.7. The Morgan fingerprint density at radius 2 is 1.57 bits per heavy atom. The van der Waals surface area contributed by atoms with Crippen LogP contribution in [0.15, 0.2) is 18.2 Å². The summed E-state index contributed by atoms with van der Waals surface area (Å²) in [6.07, 6.45) is 0. The van der Waals surface area contributed by atoms with Gasteiger partial charge in [0.05, 0.1) is 28.6 Å². The summed E-state index contributed by atoms with van der Waals surface area (Å²) in [7, 11) is 1.15. The number of amides is 1. The Labute approximate surface area is 130 Å². The molecule has 0 spiro atoms. The lowest BCUT2D eigenvalue weighted by molar-refractivity contribution is -0.394.